The Morgan fingerprint density at radius 1 is 0.941 bits per heavy atom. The summed E-state index contributed by atoms with van der Waals surface area (Å²) in [4.78, 5) is 10.7. The van der Waals surface area contributed by atoms with Gasteiger partial charge in [-0.2, -0.15) is 0 Å². The lowest BCUT2D eigenvalue weighted by molar-refractivity contribution is 1.04. The van der Waals surface area contributed by atoms with Crippen LogP contribution in [0, 0.1) is 6.92 Å². The highest BCUT2D eigenvalue weighted by Gasteiger charge is 1.99. The van der Waals surface area contributed by atoms with Crippen LogP contribution in [0.25, 0.3) is 0 Å². The maximum Gasteiger partial charge on any atom is 0.127 e. The largest absolute Gasteiger partial charge is 0.363 e. The van der Waals surface area contributed by atoms with Gasteiger partial charge in [0.15, 0.2) is 0 Å². The molecule has 17 heavy (non-hydrogen) atoms. The molecule has 3 heteroatoms. The molecule has 0 aliphatic heterocycles. The van der Waals surface area contributed by atoms with Crippen molar-refractivity contribution in [2.24, 2.45) is 0 Å². The van der Waals surface area contributed by atoms with Crippen molar-refractivity contribution in [2.45, 2.75) is 13.3 Å². The van der Waals surface area contributed by atoms with Crippen molar-refractivity contribution in [3.8, 4) is 0 Å². The Hall–Kier alpha value is -1.90. The van der Waals surface area contributed by atoms with Crippen molar-refractivity contribution in [3.05, 3.63) is 53.5 Å². The number of hydrogen-bond donors (Lipinski definition) is 0. The van der Waals surface area contributed by atoms with E-state index in [0.717, 1.165) is 17.9 Å². The van der Waals surface area contributed by atoms with E-state index in [4.69, 9.17) is 0 Å². The zero-order valence-corrected chi connectivity index (χ0v) is 10.5. The van der Waals surface area contributed by atoms with Crippen LogP contribution in [0.3, 0.4) is 0 Å². The van der Waals surface area contributed by atoms with Gasteiger partial charge in [-0.3, -0.25) is 4.98 Å². The van der Waals surface area contributed by atoms with E-state index in [1.165, 1.54) is 11.1 Å². The molecule has 0 aromatic carbocycles. The smallest absolute Gasteiger partial charge is 0.127 e. The van der Waals surface area contributed by atoms with Crippen molar-refractivity contribution in [2.75, 3.05) is 19.0 Å². The molecule has 2 aromatic heterocycles. The van der Waals surface area contributed by atoms with Crippen LogP contribution in [0.5, 0.6) is 0 Å². The van der Waals surface area contributed by atoms with Crippen molar-refractivity contribution in [1.82, 2.24) is 9.97 Å². The van der Waals surface area contributed by atoms with Gasteiger partial charge in [-0.05, 0) is 30.2 Å². The van der Waals surface area contributed by atoms with Crippen molar-refractivity contribution in [3.63, 3.8) is 0 Å². The maximum absolute atomic E-state index is 4.40. The number of hydrogen-bond acceptors (Lipinski definition) is 3. The fourth-order valence-electron chi connectivity index (χ4n) is 1.62. The van der Waals surface area contributed by atoms with Crippen molar-refractivity contribution >= 4 is 5.82 Å². The molecular formula is C14H17N3. The normalized spacial score (nSPS) is 10.3. The van der Waals surface area contributed by atoms with Gasteiger partial charge in [-0.1, -0.05) is 12.1 Å². The van der Waals surface area contributed by atoms with Crippen LogP contribution in [0.1, 0.15) is 16.8 Å². The summed E-state index contributed by atoms with van der Waals surface area (Å²) in [6.07, 6.45) is 4.73. The van der Waals surface area contributed by atoms with Crippen LogP contribution >= 0.6 is 0 Å². The van der Waals surface area contributed by atoms with Crippen LogP contribution in [-0.4, -0.2) is 24.1 Å². The standard InChI is InChI=1S/C14H17N3/c1-11-4-5-12(9-15-11)8-13-6-7-14(16-10-13)17(2)3/h4-7,9-10H,8H2,1-3H3. The number of pyridine rings is 2. The van der Waals surface area contributed by atoms with Crippen LogP contribution in [0.2, 0.25) is 0 Å². The monoisotopic (exact) mass is 227 g/mol. The molecule has 0 spiro atoms. The molecular weight excluding hydrogens is 210 g/mol. The van der Waals surface area contributed by atoms with Crippen LogP contribution in [0.15, 0.2) is 36.7 Å². The van der Waals surface area contributed by atoms with E-state index in [-0.39, 0.29) is 0 Å². The van der Waals surface area contributed by atoms with Gasteiger partial charge in [0.25, 0.3) is 0 Å². The van der Waals surface area contributed by atoms with Gasteiger partial charge in [0.05, 0.1) is 0 Å². The summed E-state index contributed by atoms with van der Waals surface area (Å²) in [5.41, 5.74) is 3.48. The molecule has 0 aliphatic rings. The summed E-state index contributed by atoms with van der Waals surface area (Å²) < 4.78 is 0. The molecule has 2 aromatic rings. The first-order valence-electron chi connectivity index (χ1n) is 5.69. The second-order valence-electron chi connectivity index (χ2n) is 4.40. The van der Waals surface area contributed by atoms with E-state index in [1.54, 1.807) is 0 Å². The second kappa shape index (κ2) is 4.95. The van der Waals surface area contributed by atoms with Crippen LogP contribution < -0.4 is 4.90 Å². The highest BCUT2D eigenvalue weighted by molar-refractivity contribution is 5.38. The third-order valence-electron chi connectivity index (χ3n) is 2.65. The molecule has 88 valence electrons. The van der Waals surface area contributed by atoms with Crippen LogP contribution in [0.4, 0.5) is 5.82 Å². The van der Waals surface area contributed by atoms with Gasteiger partial charge in [0, 0.05) is 38.6 Å². The number of aryl methyl sites for hydroxylation is 1. The minimum absolute atomic E-state index is 0.883. The first-order valence-corrected chi connectivity index (χ1v) is 5.69. The molecule has 2 heterocycles. The summed E-state index contributed by atoms with van der Waals surface area (Å²) in [6.45, 7) is 2.00. The summed E-state index contributed by atoms with van der Waals surface area (Å²) >= 11 is 0. The van der Waals surface area contributed by atoms with Crippen molar-refractivity contribution < 1.29 is 0 Å². The summed E-state index contributed by atoms with van der Waals surface area (Å²) in [7, 11) is 3.98. The topological polar surface area (TPSA) is 29.0 Å². The molecule has 0 bridgehead atoms. The zero-order chi connectivity index (χ0) is 12.3. The molecule has 0 aliphatic carbocycles. The molecule has 0 N–H and O–H groups in total. The third-order valence-corrected chi connectivity index (χ3v) is 2.65. The molecule has 0 atom stereocenters. The number of aromatic nitrogens is 2. The van der Waals surface area contributed by atoms with Crippen molar-refractivity contribution in [1.29, 1.82) is 0 Å². The molecule has 0 unspecified atom stereocenters. The van der Waals surface area contributed by atoms with Gasteiger partial charge >= 0.3 is 0 Å². The number of nitrogens with zero attached hydrogens (tertiary/aromatic N) is 3. The quantitative estimate of drug-likeness (QED) is 0.806. The SMILES string of the molecule is Cc1ccc(Cc2ccc(N(C)C)nc2)cn1. The molecule has 0 fully saturated rings. The highest BCUT2D eigenvalue weighted by Crippen LogP contribution is 2.11. The number of rotatable bonds is 3. The first-order chi connectivity index (χ1) is 8.15. The van der Waals surface area contributed by atoms with Crippen LogP contribution in [-0.2, 0) is 6.42 Å². The predicted molar refractivity (Wildman–Crippen MR) is 70.3 cm³/mol. The highest BCUT2D eigenvalue weighted by atomic mass is 15.1. The maximum atomic E-state index is 4.40. The molecule has 0 saturated heterocycles. The van der Waals surface area contributed by atoms with E-state index in [1.807, 2.05) is 50.4 Å². The van der Waals surface area contributed by atoms with Gasteiger partial charge < -0.3 is 4.90 Å². The van der Waals surface area contributed by atoms with E-state index in [0.29, 0.717) is 0 Å². The fraction of sp³-hybridized carbons (Fsp3) is 0.286. The summed E-state index contributed by atoms with van der Waals surface area (Å²) in [6, 6.07) is 8.30. The molecule has 3 nitrogen and oxygen atoms in total. The summed E-state index contributed by atoms with van der Waals surface area (Å²) in [5, 5.41) is 0. The van der Waals surface area contributed by atoms with E-state index < -0.39 is 0 Å². The van der Waals surface area contributed by atoms with Gasteiger partial charge in [-0.15, -0.1) is 0 Å². The molecule has 0 radical (unpaired) electrons. The zero-order valence-electron chi connectivity index (χ0n) is 10.5. The van der Waals surface area contributed by atoms with Gasteiger partial charge in [-0.25, -0.2) is 4.98 Å². The fourth-order valence-corrected chi connectivity index (χ4v) is 1.62. The number of anilines is 1. The van der Waals surface area contributed by atoms with E-state index in [9.17, 15) is 0 Å². The lowest BCUT2D eigenvalue weighted by Gasteiger charge is -2.11. The molecule has 0 saturated carbocycles. The molecule has 0 amide bonds. The minimum atomic E-state index is 0.883. The Labute approximate surface area is 102 Å². The third kappa shape index (κ3) is 3.03. The average Bonchev–Trinajstić information content (AvgIpc) is 2.33. The van der Waals surface area contributed by atoms with E-state index in [2.05, 4.69) is 22.1 Å². The Kier molecular flexibility index (Phi) is 3.38. The van der Waals surface area contributed by atoms with E-state index >= 15 is 0 Å². The first kappa shape index (κ1) is 11.6. The van der Waals surface area contributed by atoms with Gasteiger partial charge in [0.1, 0.15) is 5.82 Å². The Bertz CT molecular complexity index is 472. The second-order valence-corrected chi connectivity index (χ2v) is 4.40. The molecule has 2 rings (SSSR count). The lowest BCUT2D eigenvalue weighted by Crippen LogP contribution is -2.10. The minimum Gasteiger partial charge on any atom is -0.363 e. The average molecular weight is 227 g/mol. The Morgan fingerprint density at radius 2 is 1.59 bits per heavy atom. The predicted octanol–water partition coefficient (Wildman–Crippen LogP) is 2.44. The van der Waals surface area contributed by atoms with Gasteiger partial charge in [0.2, 0.25) is 0 Å². The summed E-state index contributed by atoms with van der Waals surface area (Å²) in [5.74, 6) is 0.982. The Balaban J connectivity index is 2.11. The Morgan fingerprint density at radius 3 is 2.06 bits per heavy atom. The lowest BCUT2D eigenvalue weighted by atomic mass is 10.1.